The predicted octanol–water partition coefficient (Wildman–Crippen LogP) is 3.33. The van der Waals surface area contributed by atoms with E-state index in [1.807, 2.05) is 53.4 Å². The van der Waals surface area contributed by atoms with Crippen LogP contribution in [0.25, 0.3) is 0 Å². The Balaban J connectivity index is 1.82. The van der Waals surface area contributed by atoms with E-state index in [2.05, 4.69) is 12.1 Å². The van der Waals surface area contributed by atoms with E-state index in [0.717, 1.165) is 30.0 Å². The molecule has 0 radical (unpaired) electrons. The number of thioether (sulfide) groups is 1. The van der Waals surface area contributed by atoms with E-state index in [-0.39, 0.29) is 11.2 Å². The number of benzene rings is 2. The lowest BCUT2D eigenvalue weighted by molar-refractivity contribution is -0.129. The summed E-state index contributed by atoms with van der Waals surface area (Å²) in [5, 5.41) is -0.199. The molecule has 23 heavy (non-hydrogen) atoms. The molecule has 2 aromatic carbocycles. The number of nitrogens with two attached hydrogens (primary N) is 1. The van der Waals surface area contributed by atoms with Gasteiger partial charge in [0, 0.05) is 18.0 Å². The first-order chi connectivity index (χ1) is 11.3. The van der Waals surface area contributed by atoms with Crippen LogP contribution in [-0.4, -0.2) is 30.4 Å². The molecule has 3 nitrogen and oxygen atoms in total. The van der Waals surface area contributed by atoms with E-state index in [0.29, 0.717) is 12.5 Å². The molecular formula is C19H22N2OS. The Morgan fingerprint density at radius 1 is 1.13 bits per heavy atom. The van der Waals surface area contributed by atoms with Crippen LogP contribution in [0.1, 0.15) is 17.2 Å². The van der Waals surface area contributed by atoms with Gasteiger partial charge in [0.25, 0.3) is 0 Å². The molecular weight excluding hydrogens is 304 g/mol. The van der Waals surface area contributed by atoms with Crippen molar-refractivity contribution in [2.75, 3.05) is 19.6 Å². The number of hydrogen-bond donors (Lipinski definition) is 1. The zero-order valence-electron chi connectivity index (χ0n) is 13.1. The van der Waals surface area contributed by atoms with Crippen molar-refractivity contribution in [1.29, 1.82) is 0 Å². The molecule has 2 aromatic rings. The number of carbonyl (C=O) groups excluding carboxylic acids is 1. The largest absolute Gasteiger partial charge is 0.341 e. The minimum atomic E-state index is -0.199. The normalized spacial score (nSPS) is 18.8. The Labute approximate surface area is 141 Å². The number of amides is 1. The minimum absolute atomic E-state index is 0.195. The fourth-order valence-electron chi connectivity index (χ4n) is 2.92. The van der Waals surface area contributed by atoms with Gasteiger partial charge >= 0.3 is 0 Å². The first kappa shape index (κ1) is 16.1. The van der Waals surface area contributed by atoms with Crippen LogP contribution in [0.3, 0.4) is 0 Å². The van der Waals surface area contributed by atoms with Crippen molar-refractivity contribution in [2.24, 2.45) is 11.7 Å². The molecule has 0 spiro atoms. The van der Waals surface area contributed by atoms with Gasteiger partial charge in [0.15, 0.2) is 0 Å². The Bertz CT molecular complexity index is 632. The summed E-state index contributed by atoms with van der Waals surface area (Å²) < 4.78 is 0. The lowest BCUT2D eigenvalue weighted by Crippen LogP contribution is -2.33. The Hall–Kier alpha value is -1.78. The average molecular weight is 326 g/mol. The third-order valence-corrected chi connectivity index (χ3v) is 5.51. The minimum Gasteiger partial charge on any atom is -0.341 e. The molecule has 1 heterocycles. The van der Waals surface area contributed by atoms with Crippen molar-refractivity contribution in [3.8, 4) is 0 Å². The lowest BCUT2D eigenvalue weighted by atomic mass is 10.1. The van der Waals surface area contributed by atoms with Gasteiger partial charge < -0.3 is 10.6 Å². The summed E-state index contributed by atoms with van der Waals surface area (Å²) in [4.78, 5) is 16.2. The summed E-state index contributed by atoms with van der Waals surface area (Å²) >= 11 is 1.62. The molecule has 120 valence electrons. The number of rotatable bonds is 5. The highest BCUT2D eigenvalue weighted by Gasteiger charge is 2.31. The van der Waals surface area contributed by atoms with E-state index in [1.54, 1.807) is 11.8 Å². The van der Waals surface area contributed by atoms with Gasteiger partial charge in [0.2, 0.25) is 5.91 Å². The topological polar surface area (TPSA) is 46.3 Å². The van der Waals surface area contributed by atoms with Crippen LogP contribution in [0.2, 0.25) is 0 Å². The second-order valence-corrected chi connectivity index (χ2v) is 7.07. The highest BCUT2D eigenvalue weighted by molar-refractivity contribution is 8.00. The molecule has 0 aliphatic carbocycles. The zero-order valence-corrected chi connectivity index (χ0v) is 13.9. The molecule has 1 saturated heterocycles. The van der Waals surface area contributed by atoms with Crippen molar-refractivity contribution >= 4 is 17.7 Å². The maximum Gasteiger partial charge on any atom is 0.240 e. The van der Waals surface area contributed by atoms with Crippen molar-refractivity contribution in [1.82, 2.24) is 4.90 Å². The van der Waals surface area contributed by atoms with Crippen LogP contribution in [0.5, 0.6) is 0 Å². The first-order valence-electron chi connectivity index (χ1n) is 8.03. The molecule has 0 saturated carbocycles. The summed E-state index contributed by atoms with van der Waals surface area (Å²) in [6, 6.07) is 20.2. The van der Waals surface area contributed by atoms with E-state index in [9.17, 15) is 4.79 Å². The lowest BCUT2D eigenvalue weighted by Gasteiger charge is -2.23. The van der Waals surface area contributed by atoms with Crippen LogP contribution < -0.4 is 5.73 Å². The monoisotopic (exact) mass is 326 g/mol. The van der Waals surface area contributed by atoms with Gasteiger partial charge in [0.1, 0.15) is 5.25 Å². The maximum atomic E-state index is 13.1. The third kappa shape index (κ3) is 3.95. The van der Waals surface area contributed by atoms with Crippen LogP contribution in [0.4, 0.5) is 0 Å². The molecule has 2 atom stereocenters. The van der Waals surface area contributed by atoms with Crippen molar-refractivity contribution < 1.29 is 4.79 Å². The second kappa shape index (κ2) is 7.66. The summed E-state index contributed by atoms with van der Waals surface area (Å²) in [5.41, 5.74) is 6.82. The third-order valence-electron chi connectivity index (χ3n) is 4.25. The predicted molar refractivity (Wildman–Crippen MR) is 95.2 cm³/mol. The second-order valence-electron chi connectivity index (χ2n) is 5.90. The molecule has 0 bridgehead atoms. The number of hydrogen-bond acceptors (Lipinski definition) is 3. The quantitative estimate of drug-likeness (QED) is 0.857. The number of nitrogens with zero attached hydrogens (tertiary/aromatic N) is 1. The van der Waals surface area contributed by atoms with Crippen molar-refractivity contribution in [3.63, 3.8) is 0 Å². The van der Waals surface area contributed by atoms with E-state index < -0.39 is 0 Å². The van der Waals surface area contributed by atoms with Gasteiger partial charge in [0.05, 0.1) is 0 Å². The molecule has 4 heteroatoms. The first-order valence-corrected chi connectivity index (χ1v) is 8.91. The molecule has 2 unspecified atom stereocenters. The van der Waals surface area contributed by atoms with E-state index in [4.69, 9.17) is 5.73 Å². The summed E-state index contributed by atoms with van der Waals surface area (Å²) in [7, 11) is 0. The van der Waals surface area contributed by atoms with Gasteiger partial charge in [-0.3, -0.25) is 4.79 Å². The van der Waals surface area contributed by atoms with Crippen LogP contribution in [0.15, 0.2) is 65.6 Å². The van der Waals surface area contributed by atoms with Gasteiger partial charge in [-0.1, -0.05) is 48.5 Å². The smallest absolute Gasteiger partial charge is 0.240 e. The molecule has 1 fully saturated rings. The SMILES string of the molecule is NCC1CCN(C(=O)C(Sc2ccccc2)c2ccccc2)C1. The fourth-order valence-corrected chi connectivity index (χ4v) is 4.04. The highest BCUT2D eigenvalue weighted by Crippen LogP contribution is 2.37. The van der Waals surface area contributed by atoms with Crippen LogP contribution in [0, 0.1) is 5.92 Å². The van der Waals surface area contributed by atoms with Crippen molar-refractivity contribution in [2.45, 2.75) is 16.6 Å². The Morgan fingerprint density at radius 3 is 2.39 bits per heavy atom. The summed E-state index contributed by atoms with van der Waals surface area (Å²) in [6.07, 6.45) is 1.01. The fraction of sp³-hybridized carbons (Fsp3) is 0.316. The number of likely N-dealkylation sites (tertiary alicyclic amines) is 1. The zero-order chi connectivity index (χ0) is 16.1. The van der Waals surface area contributed by atoms with Gasteiger partial charge in [-0.15, -0.1) is 11.8 Å². The molecule has 0 aromatic heterocycles. The highest BCUT2D eigenvalue weighted by atomic mass is 32.2. The molecule has 1 aliphatic rings. The molecule has 1 amide bonds. The summed E-state index contributed by atoms with van der Waals surface area (Å²) in [5.74, 6) is 0.637. The standard InChI is InChI=1S/C19H22N2OS/c20-13-15-11-12-21(14-15)19(22)18(16-7-3-1-4-8-16)23-17-9-5-2-6-10-17/h1-10,15,18H,11-14,20H2. The molecule has 1 aliphatic heterocycles. The van der Waals surface area contributed by atoms with Gasteiger partial charge in [-0.2, -0.15) is 0 Å². The number of carbonyl (C=O) groups is 1. The Kier molecular flexibility index (Phi) is 5.36. The molecule has 2 N–H and O–H groups in total. The molecule has 3 rings (SSSR count). The van der Waals surface area contributed by atoms with E-state index in [1.165, 1.54) is 0 Å². The van der Waals surface area contributed by atoms with E-state index >= 15 is 0 Å². The van der Waals surface area contributed by atoms with Gasteiger partial charge in [-0.05, 0) is 36.6 Å². The summed E-state index contributed by atoms with van der Waals surface area (Å²) in [6.45, 7) is 2.26. The Morgan fingerprint density at radius 2 is 1.78 bits per heavy atom. The average Bonchev–Trinajstić information content (AvgIpc) is 3.10. The van der Waals surface area contributed by atoms with Gasteiger partial charge in [-0.25, -0.2) is 0 Å². The maximum absolute atomic E-state index is 13.1. The van der Waals surface area contributed by atoms with Crippen molar-refractivity contribution in [3.05, 3.63) is 66.2 Å². The van der Waals surface area contributed by atoms with Crippen LogP contribution >= 0.6 is 11.8 Å². The van der Waals surface area contributed by atoms with Crippen LogP contribution in [-0.2, 0) is 4.79 Å².